The lowest BCUT2D eigenvalue weighted by Crippen LogP contribution is -2.38. The van der Waals surface area contributed by atoms with Crippen molar-refractivity contribution >= 4 is 23.1 Å². The van der Waals surface area contributed by atoms with E-state index in [9.17, 15) is 15.2 Å². The van der Waals surface area contributed by atoms with Crippen LogP contribution in [0.5, 0.6) is 0 Å². The second-order valence-electron chi connectivity index (χ2n) is 5.09. The van der Waals surface area contributed by atoms with E-state index < -0.39 is 11.0 Å². The highest BCUT2D eigenvalue weighted by Gasteiger charge is 2.20. The molecule has 2 heterocycles. The van der Waals surface area contributed by atoms with Crippen molar-refractivity contribution in [2.45, 2.75) is 17.5 Å². The summed E-state index contributed by atoms with van der Waals surface area (Å²) in [6.45, 7) is 1.59. The van der Waals surface area contributed by atoms with E-state index in [0.29, 0.717) is 6.54 Å². The average Bonchev–Trinajstić information content (AvgIpc) is 2.96. The molecule has 0 bridgehead atoms. The zero-order valence-electron chi connectivity index (χ0n) is 11.8. The number of β-amino-alcohol motifs (C(OH)–C–C–N with tert-alkyl or cyclic N) is 1. The summed E-state index contributed by atoms with van der Waals surface area (Å²) in [5.74, 6) is 0.983. The number of nitro groups is 1. The molecule has 1 aromatic carbocycles. The minimum absolute atomic E-state index is 0.0630. The quantitative estimate of drug-likeness (QED) is 0.667. The molecule has 0 spiro atoms. The first-order chi connectivity index (χ1) is 10.6. The summed E-state index contributed by atoms with van der Waals surface area (Å²) in [6.07, 6.45) is 1.89. The molecule has 0 aliphatic carbocycles. The zero-order chi connectivity index (χ0) is 15.5. The lowest BCUT2D eigenvalue weighted by Gasteiger charge is -2.32. The SMILES string of the molecule is O=[N+]([O-])c1cnn(CC(O)CN2CCSc3ccccc32)c1. The third kappa shape index (κ3) is 3.23. The van der Waals surface area contributed by atoms with Gasteiger partial charge in [-0.2, -0.15) is 5.10 Å². The Morgan fingerprint density at radius 1 is 1.41 bits per heavy atom. The third-order valence-electron chi connectivity index (χ3n) is 3.48. The summed E-state index contributed by atoms with van der Waals surface area (Å²) >= 11 is 1.81. The maximum absolute atomic E-state index is 10.6. The van der Waals surface area contributed by atoms with E-state index in [1.54, 1.807) is 0 Å². The summed E-state index contributed by atoms with van der Waals surface area (Å²) < 4.78 is 1.41. The number of aromatic nitrogens is 2. The van der Waals surface area contributed by atoms with Crippen molar-refractivity contribution in [1.29, 1.82) is 0 Å². The lowest BCUT2D eigenvalue weighted by atomic mass is 10.2. The van der Waals surface area contributed by atoms with Crippen LogP contribution in [-0.2, 0) is 6.54 Å². The van der Waals surface area contributed by atoms with Gasteiger partial charge in [0, 0.05) is 23.7 Å². The number of nitrogens with zero attached hydrogens (tertiary/aromatic N) is 4. The molecule has 8 heteroatoms. The fourth-order valence-corrected chi connectivity index (χ4v) is 3.54. The van der Waals surface area contributed by atoms with E-state index >= 15 is 0 Å². The molecule has 0 saturated carbocycles. The molecule has 0 saturated heterocycles. The van der Waals surface area contributed by atoms with Gasteiger partial charge in [-0.3, -0.25) is 14.8 Å². The molecule has 3 rings (SSSR count). The smallest absolute Gasteiger partial charge is 0.306 e. The maximum atomic E-state index is 10.6. The first kappa shape index (κ1) is 14.9. The number of rotatable bonds is 5. The minimum atomic E-state index is -0.643. The van der Waals surface area contributed by atoms with E-state index in [0.717, 1.165) is 18.0 Å². The number of aliphatic hydroxyl groups excluding tert-OH is 1. The van der Waals surface area contributed by atoms with Gasteiger partial charge in [-0.05, 0) is 12.1 Å². The Morgan fingerprint density at radius 2 is 2.23 bits per heavy atom. The Morgan fingerprint density at radius 3 is 3.00 bits per heavy atom. The van der Waals surface area contributed by atoms with Gasteiger partial charge >= 0.3 is 5.69 Å². The summed E-state index contributed by atoms with van der Waals surface area (Å²) in [6, 6.07) is 8.12. The van der Waals surface area contributed by atoms with E-state index in [1.165, 1.54) is 22.0 Å². The van der Waals surface area contributed by atoms with Crippen molar-refractivity contribution < 1.29 is 10.0 Å². The molecule has 1 aliphatic rings. The van der Waals surface area contributed by atoms with Crippen LogP contribution >= 0.6 is 11.8 Å². The first-order valence-corrected chi connectivity index (χ1v) is 7.94. The predicted octanol–water partition coefficient (Wildman–Crippen LogP) is 1.76. The van der Waals surface area contributed by atoms with Gasteiger partial charge in [-0.1, -0.05) is 12.1 Å². The van der Waals surface area contributed by atoms with Gasteiger partial charge < -0.3 is 10.0 Å². The van der Waals surface area contributed by atoms with E-state index in [4.69, 9.17) is 0 Å². The van der Waals surface area contributed by atoms with Gasteiger partial charge in [0.05, 0.1) is 23.3 Å². The van der Waals surface area contributed by atoms with Crippen LogP contribution in [-0.4, -0.2) is 44.8 Å². The van der Waals surface area contributed by atoms with Crippen LogP contribution in [0.1, 0.15) is 0 Å². The minimum Gasteiger partial charge on any atom is -0.389 e. The molecule has 1 aromatic heterocycles. The van der Waals surface area contributed by atoms with Gasteiger partial charge in [-0.15, -0.1) is 11.8 Å². The highest BCUT2D eigenvalue weighted by molar-refractivity contribution is 7.99. The molecule has 0 fully saturated rings. The van der Waals surface area contributed by atoms with Crippen LogP contribution in [0.4, 0.5) is 11.4 Å². The largest absolute Gasteiger partial charge is 0.389 e. The topological polar surface area (TPSA) is 84.4 Å². The van der Waals surface area contributed by atoms with Crippen molar-refractivity contribution in [2.75, 3.05) is 23.7 Å². The highest BCUT2D eigenvalue weighted by atomic mass is 32.2. The molecular weight excluding hydrogens is 304 g/mol. The van der Waals surface area contributed by atoms with Crippen molar-refractivity contribution in [3.63, 3.8) is 0 Å². The van der Waals surface area contributed by atoms with E-state index in [-0.39, 0.29) is 12.2 Å². The fraction of sp³-hybridized carbons (Fsp3) is 0.357. The van der Waals surface area contributed by atoms with Crippen LogP contribution in [0.15, 0.2) is 41.6 Å². The van der Waals surface area contributed by atoms with Gasteiger partial charge in [0.1, 0.15) is 12.4 Å². The monoisotopic (exact) mass is 320 g/mol. The zero-order valence-corrected chi connectivity index (χ0v) is 12.6. The molecule has 1 N–H and O–H groups in total. The van der Waals surface area contributed by atoms with Gasteiger partial charge in [0.25, 0.3) is 0 Å². The standard InChI is InChI=1S/C14H16N4O3S/c19-12(10-17-8-11(7-15-17)18(20)21)9-16-5-6-22-14-4-2-1-3-13(14)16/h1-4,7-8,12,19H,5-6,9-10H2. The average molecular weight is 320 g/mol. The van der Waals surface area contributed by atoms with Crippen LogP contribution in [0, 0.1) is 10.1 Å². The van der Waals surface area contributed by atoms with E-state index in [1.807, 2.05) is 30.0 Å². The summed E-state index contributed by atoms with van der Waals surface area (Å²) in [7, 11) is 0. The molecule has 0 radical (unpaired) electrons. The molecular formula is C14H16N4O3S. The van der Waals surface area contributed by atoms with Crippen molar-refractivity contribution in [1.82, 2.24) is 9.78 Å². The summed E-state index contributed by atoms with van der Waals surface area (Å²) in [5.41, 5.74) is 1.07. The number of fused-ring (bicyclic) bond motifs is 1. The molecule has 1 aliphatic heterocycles. The number of benzene rings is 1. The Kier molecular flexibility index (Phi) is 4.30. The second-order valence-corrected chi connectivity index (χ2v) is 6.23. The van der Waals surface area contributed by atoms with Crippen molar-refractivity contribution in [3.05, 3.63) is 46.8 Å². The normalized spacial score (nSPS) is 15.4. The number of hydrogen-bond acceptors (Lipinski definition) is 6. The van der Waals surface area contributed by atoms with Crippen molar-refractivity contribution in [3.8, 4) is 0 Å². The maximum Gasteiger partial charge on any atom is 0.306 e. The number of aliphatic hydroxyl groups is 1. The van der Waals surface area contributed by atoms with E-state index in [2.05, 4.69) is 16.1 Å². The Bertz CT molecular complexity index is 676. The molecule has 2 aromatic rings. The number of para-hydroxylation sites is 1. The number of anilines is 1. The second kappa shape index (κ2) is 6.37. The van der Waals surface area contributed by atoms with Gasteiger partial charge in [0.15, 0.2) is 0 Å². The molecule has 22 heavy (non-hydrogen) atoms. The third-order valence-corrected chi connectivity index (χ3v) is 4.53. The van der Waals surface area contributed by atoms with Gasteiger partial charge in [-0.25, -0.2) is 0 Å². The van der Waals surface area contributed by atoms with Crippen LogP contribution in [0.3, 0.4) is 0 Å². The van der Waals surface area contributed by atoms with Crippen LogP contribution < -0.4 is 4.90 Å². The lowest BCUT2D eigenvalue weighted by molar-refractivity contribution is -0.385. The Labute approximate surface area is 131 Å². The van der Waals surface area contributed by atoms with Crippen LogP contribution in [0.25, 0.3) is 0 Å². The molecule has 116 valence electrons. The predicted molar refractivity (Wildman–Crippen MR) is 84.3 cm³/mol. The van der Waals surface area contributed by atoms with Crippen LogP contribution in [0.2, 0.25) is 0 Å². The summed E-state index contributed by atoms with van der Waals surface area (Å²) in [4.78, 5) is 13.5. The van der Waals surface area contributed by atoms with Crippen molar-refractivity contribution in [2.24, 2.45) is 0 Å². The highest BCUT2D eigenvalue weighted by Crippen LogP contribution is 2.34. The Hall–Kier alpha value is -2.06. The molecule has 1 unspecified atom stereocenters. The molecule has 0 amide bonds. The first-order valence-electron chi connectivity index (χ1n) is 6.95. The fourth-order valence-electron chi connectivity index (χ4n) is 2.49. The molecule has 7 nitrogen and oxygen atoms in total. The number of hydrogen-bond donors (Lipinski definition) is 1. The Balaban J connectivity index is 1.64. The summed E-state index contributed by atoms with van der Waals surface area (Å²) in [5, 5.41) is 24.8. The molecule has 1 atom stereocenters. The number of thioether (sulfide) groups is 1. The van der Waals surface area contributed by atoms with Gasteiger partial charge in [0.2, 0.25) is 0 Å².